The van der Waals surface area contributed by atoms with E-state index in [1.807, 2.05) is 102 Å². The number of nitrogens with two attached hydrogens (primary N) is 1. The number of carbonyl (C=O) groups excluding carboxylic acids is 1. The van der Waals surface area contributed by atoms with E-state index in [-0.39, 0.29) is 12.5 Å². The van der Waals surface area contributed by atoms with Crippen molar-refractivity contribution in [3.63, 3.8) is 0 Å². The molecule has 5 aromatic rings. The number of aromatic nitrogens is 3. The topological polar surface area (TPSA) is 94.0 Å². The van der Waals surface area contributed by atoms with Crippen molar-refractivity contribution < 1.29 is 19.6 Å². The van der Waals surface area contributed by atoms with Crippen molar-refractivity contribution in [2.75, 3.05) is 11.5 Å². The van der Waals surface area contributed by atoms with E-state index >= 15 is 0 Å². The van der Waals surface area contributed by atoms with E-state index in [9.17, 15) is 4.79 Å². The molecule has 0 atom stereocenters. The predicted octanol–water partition coefficient (Wildman–Crippen LogP) is 4.78. The van der Waals surface area contributed by atoms with Gasteiger partial charge < -0.3 is 9.47 Å². The molecule has 0 radical (unpaired) electrons. The molecule has 8 nitrogen and oxygen atoms in total. The van der Waals surface area contributed by atoms with Gasteiger partial charge in [-0.05, 0) is 60.7 Å². The minimum atomic E-state index is -0.116. The van der Waals surface area contributed by atoms with Crippen LogP contribution in [-0.4, -0.2) is 27.5 Å². The zero-order valence-corrected chi connectivity index (χ0v) is 20.4. The third-order valence-electron chi connectivity index (χ3n) is 6.05. The summed E-state index contributed by atoms with van der Waals surface area (Å²) in [7, 11) is 0. The van der Waals surface area contributed by atoms with Crippen molar-refractivity contribution in [2.45, 2.75) is 6.54 Å². The average molecular weight is 503 g/mol. The molecule has 3 aromatic carbocycles. The molecule has 0 bridgehead atoms. The summed E-state index contributed by atoms with van der Waals surface area (Å²) in [6.45, 7) is 0.364. The van der Waals surface area contributed by atoms with E-state index < -0.39 is 0 Å². The third-order valence-corrected chi connectivity index (χ3v) is 6.05. The molecule has 0 aliphatic carbocycles. The summed E-state index contributed by atoms with van der Waals surface area (Å²) in [5.74, 6) is 2.60. The van der Waals surface area contributed by atoms with Crippen LogP contribution in [0.15, 0.2) is 109 Å². The van der Waals surface area contributed by atoms with Gasteiger partial charge in [0.1, 0.15) is 22.9 Å². The smallest absolute Gasteiger partial charge is 0.331 e. The van der Waals surface area contributed by atoms with Crippen LogP contribution in [0.3, 0.4) is 0 Å². The van der Waals surface area contributed by atoms with Crippen LogP contribution in [0.5, 0.6) is 17.2 Å². The number of amides is 1. The van der Waals surface area contributed by atoms with Gasteiger partial charge in [0.05, 0.1) is 23.6 Å². The molecular formula is C30H24N5O3+. The van der Waals surface area contributed by atoms with Crippen molar-refractivity contribution in [1.82, 2.24) is 15.0 Å². The quantitative estimate of drug-likeness (QED) is 0.322. The first-order valence-electron chi connectivity index (χ1n) is 12.2. The first-order valence-corrected chi connectivity index (χ1v) is 12.2. The molecule has 8 heteroatoms. The third kappa shape index (κ3) is 5.21. The minimum Gasteiger partial charge on any atom is -0.482 e. The second kappa shape index (κ2) is 10.5. The SMILES string of the molecule is O=C1COc2ccc(-c3ccnc([NH2+]c4cccc(Oc5ccccc5)c4)n3)cc2N1Cc1ccccn1. The number of fused-ring (bicyclic) bond motifs is 1. The Labute approximate surface area is 219 Å². The number of quaternary nitrogens is 1. The maximum Gasteiger partial charge on any atom is 0.331 e. The summed E-state index contributed by atoms with van der Waals surface area (Å²) >= 11 is 0. The Morgan fingerprint density at radius 3 is 2.58 bits per heavy atom. The number of ether oxygens (including phenoxy) is 2. The summed E-state index contributed by atoms with van der Waals surface area (Å²) in [5.41, 5.74) is 4.00. The number of benzene rings is 3. The molecule has 1 aliphatic rings. The van der Waals surface area contributed by atoms with E-state index in [0.29, 0.717) is 23.9 Å². The van der Waals surface area contributed by atoms with Crippen molar-refractivity contribution in [1.29, 1.82) is 0 Å². The Balaban J connectivity index is 1.24. The monoisotopic (exact) mass is 502 g/mol. The lowest BCUT2D eigenvalue weighted by Crippen LogP contribution is -2.72. The second-order valence-corrected chi connectivity index (χ2v) is 8.70. The van der Waals surface area contributed by atoms with Gasteiger partial charge in [-0.1, -0.05) is 30.3 Å². The lowest BCUT2D eigenvalue weighted by Gasteiger charge is -2.29. The van der Waals surface area contributed by atoms with Gasteiger partial charge in [0.15, 0.2) is 6.61 Å². The fourth-order valence-electron chi connectivity index (χ4n) is 4.23. The number of rotatable bonds is 7. The Kier molecular flexibility index (Phi) is 6.44. The van der Waals surface area contributed by atoms with E-state index in [4.69, 9.17) is 14.5 Å². The van der Waals surface area contributed by atoms with Crippen LogP contribution in [0.1, 0.15) is 5.69 Å². The molecule has 0 unspecified atom stereocenters. The van der Waals surface area contributed by atoms with Gasteiger partial charge in [-0.3, -0.25) is 14.7 Å². The number of hydrogen-bond acceptors (Lipinski definition) is 6. The normalized spacial score (nSPS) is 12.5. The molecule has 0 spiro atoms. The fourth-order valence-corrected chi connectivity index (χ4v) is 4.23. The van der Waals surface area contributed by atoms with Gasteiger partial charge in [-0.15, -0.1) is 0 Å². The van der Waals surface area contributed by atoms with E-state index in [2.05, 4.69) is 9.97 Å². The number of hydrogen-bond donors (Lipinski definition) is 1. The number of carbonyl (C=O) groups is 1. The summed E-state index contributed by atoms with van der Waals surface area (Å²) in [5, 5.41) is 1.90. The summed E-state index contributed by atoms with van der Waals surface area (Å²) in [4.78, 5) is 28.0. The van der Waals surface area contributed by atoms with E-state index in [1.54, 1.807) is 17.3 Å². The highest BCUT2D eigenvalue weighted by Crippen LogP contribution is 2.36. The molecule has 2 aromatic heterocycles. The van der Waals surface area contributed by atoms with Crippen molar-refractivity contribution in [3.05, 3.63) is 115 Å². The summed E-state index contributed by atoms with van der Waals surface area (Å²) < 4.78 is 11.6. The highest BCUT2D eigenvalue weighted by molar-refractivity contribution is 5.98. The van der Waals surface area contributed by atoms with Gasteiger partial charge in [0, 0.05) is 24.0 Å². The van der Waals surface area contributed by atoms with E-state index in [0.717, 1.165) is 34.1 Å². The zero-order valence-electron chi connectivity index (χ0n) is 20.4. The van der Waals surface area contributed by atoms with Crippen LogP contribution in [0.2, 0.25) is 0 Å². The van der Waals surface area contributed by atoms with Gasteiger partial charge >= 0.3 is 5.95 Å². The predicted molar refractivity (Wildman–Crippen MR) is 143 cm³/mol. The first-order chi connectivity index (χ1) is 18.7. The Morgan fingerprint density at radius 1 is 0.842 bits per heavy atom. The molecule has 186 valence electrons. The maximum absolute atomic E-state index is 12.7. The summed E-state index contributed by atoms with van der Waals surface area (Å²) in [6, 6.07) is 30.7. The molecule has 3 heterocycles. The molecule has 0 saturated carbocycles. The minimum absolute atomic E-state index is 0.00114. The van der Waals surface area contributed by atoms with Crippen LogP contribution in [0.25, 0.3) is 11.3 Å². The highest BCUT2D eigenvalue weighted by Gasteiger charge is 2.26. The molecule has 38 heavy (non-hydrogen) atoms. The van der Waals surface area contributed by atoms with Crippen LogP contribution in [0, 0.1) is 0 Å². The Morgan fingerprint density at radius 2 is 1.71 bits per heavy atom. The van der Waals surface area contributed by atoms with Crippen LogP contribution in [0.4, 0.5) is 17.3 Å². The van der Waals surface area contributed by atoms with Gasteiger partial charge in [-0.25, -0.2) is 5.32 Å². The van der Waals surface area contributed by atoms with Crippen molar-refractivity contribution in [3.8, 4) is 28.5 Å². The first kappa shape index (κ1) is 23.3. The van der Waals surface area contributed by atoms with Crippen LogP contribution in [-0.2, 0) is 11.3 Å². The molecule has 1 amide bonds. The molecule has 2 N–H and O–H groups in total. The maximum atomic E-state index is 12.7. The molecule has 0 saturated heterocycles. The average Bonchev–Trinajstić information content (AvgIpc) is 2.96. The fraction of sp³-hybridized carbons (Fsp3) is 0.0667. The van der Waals surface area contributed by atoms with Gasteiger partial charge in [0.25, 0.3) is 5.91 Å². The van der Waals surface area contributed by atoms with Crippen molar-refractivity contribution in [2.24, 2.45) is 0 Å². The second-order valence-electron chi connectivity index (χ2n) is 8.70. The Bertz CT molecular complexity index is 1580. The Hall–Kier alpha value is -5.08. The van der Waals surface area contributed by atoms with E-state index in [1.165, 1.54) is 0 Å². The molecule has 0 fully saturated rings. The number of anilines is 1. The van der Waals surface area contributed by atoms with Crippen LogP contribution < -0.4 is 19.7 Å². The molecule has 1 aliphatic heterocycles. The van der Waals surface area contributed by atoms with Crippen molar-refractivity contribution >= 4 is 23.2 Å². The number of pyridine rings is 1. The largest absolute Gasteiger partial charge is 0.482 e. The van der Waals surface area contributed by atoms with Gasteiger partial charge in [0.2, 0.25) is 0 Å². The lowest BCUT2D eigenvalue weighted by atomic mass is 10.1. The lowest BCUT2D eigenvalue weighted by molar-refractivity contribution is -0.487. The van der Waals surface area contributed by atoms with Crippen LogP contribution >= 0.6 is 0 Å². The summed E-state index contributed by atoms with van der Waals surface area (Å²) in [6.07, 6.45) is 3.45. The highest BCUT2D eigenvalue weighted by atomic mass is 16.5. The number of nitrogens with zero attached hydrogens (tertiary/aromatic N) is 4. The standard InChI is InChI=1S/C30H23N5O3/c36-29-20-37-28-13-12-21(17-27(28)35(29)19-23-7-4-5-15-31-23)26-14-16-32-30(34-26)33-22-8-6-11-25(18-22)38-24-9-2-1-3-10-24/h1-18H,19-20H2,(H,32,33,34)/p+1. The number of para-hydroxylation sites is 1. The molecule has 6 rings (SSSR count). The zero-order chi connectivity index (χ0) is 25.7. The molecular weight excluding hydrogens is 478 g/mol. The van der Waals surface area contributed by atoms with Gasteiger partial charge in [-0.2, -0.15) is 9.97 Å².